The van der Waals surface area contributed by atoms with Crippen LogP contribution in [-0.4, -0.2) is 16.9 Å². The number of nitrogens with zero attached hydrogens (tertiary/aromatic N) is 1. The van der Waals surface area contributed by atoms with Gasteiger partial charge in [-0.05, 0) is 67.8 Å². The first-order valence-electron chi connectivity index (χ1n) is 11.3. The van der Waals surface area contributed by atoms with Crippen molar-refractivity contribution in [2.45, 2.75) is 33.2 Å². The molecule has 3 N–H and O–H groups in total. The topological polar surface area (TPSA) is 83.1 Å². The lowest BCUT2D eigenvalue weighted by Gasteiger charge is -2.17. The van der Waals surface area contributed by atoms with Gasteiger partial charge in [-0.25, -0.2) is 4.79 Å². The first-order valence-corrected chi connectivity index (χ1v) is 11.3. The summed E-state index contributed by atoms with van der Waals surface area (Å²) in [6.07, 6.45) is 0.277. The van der Waals surface area contributed by atoms with Gasteiger partial charge in [0.15, 0.2) is 0 Å². The van der Waals surface area contributed by atoms with Gasteiger partial charge in [-0.2, -0.15) is 0 Å². The molecule has 1 unspecified atom stereocenters. The van der Waals surface area contributed by atoms with Gasteiger partial charge >= 0.3 is 6.03 Å². The van der Waals surface area contributed by atoms with Crippen LogP contribution in [0.1, 0.15) is 35.3 Å². The number of para-hydroxylation sites is 2. The fourth-order valence-electron chi connectivity index (χ4n) is 4.04. The van der Waals surface area contributed by atoms with Crippen molar-refractivity contribution in [2.75, 3.05) is 10.6 Å². The Labute approximate surface area is 199 Å². The summed E-state index contributed by atoms with van der Waals surface area (Å²) in [6, 6.07) is 24.2. The highest BCUT2D eigenvalue weighted by atomic mass is 16.2. The smallest absolute Gasteiger partial charge is 0.323 e. The van der Waals surface area contributed by atoms with Crippen LogP contribution in [0, 0.1) is 13.8 Å². The molecule has 3 aromatic carbocycles. The average molecular weight is 453 g/mol. The Morgan fingerprint density at radius 1 is 0.824 bits per heavy atom. The Balaban J connectivity index is 1.36. The molecule has 1 aromatic heterocycles. The van der Waals surface area contributed by atoms with Crippen LogP contribution >= 0.6 is 0 Å². The van der Waals surface area contributed by atoms with Gasteiger partial charge in [0.1, 0.15) is 0 Å². The molecule has 172 valence electrons. The average Bonchev–Trinajstić information content (AvgIpc) is 2.83. The zero-order chi connectivity index (χ0) is 24.1. The number of benzene rings is 3. The van der Waals surface area contributed by atoms with Crippen molar-refractivity contribution >= 4 is 34.2 Å². The monoisotopic (exact) mass is 452 g/mol. The summed E-state index contributed by atoms with van der Waals surface area (Å²) in [5.74, 6) is -0.0554. The fourth-order valence-corrected chi connectivity index (χ4v) is 4.04. The fraction of sp³-hybridized carbons (Fsp3) is 0.179. The van der Waals surface area contributed by atoms with Gasteiger partial charge in [-0.1, -0.05) is 48.5 Å². The molecule has 1 heterocycles. The largest absolute Gasteiger partial charge is 0.349 e. The molecule has 3 amide bonds. The van der Waals surface area contributed by atoms with E-state index in [9.17, 15) is 9.59 Å². The first-order chi connectivity index (χ1) is 16.4. The summed E-state index contributed by atoms with van der Waals surface area (Å²) in [6.45, 7) is 5.94. The third-order valence-corrected chi connectivity index (χ3v) is 5.90. The van der Waals surface area contributed by atoms with E-state index in [2.05, 4.69) is 20.9 Å². The number of fused-ring (bicyclic) bond motifs is 1. The summed E-state index contributed by atoms with van der Waals surface area (Å²) in [5.41, 5.74) is 6.23. The van der Waals surface area contributed by atoms with E-state index >= 15 is 0 Å². The number of aryl methyl sites for hydroxylation is 2. The molecular formula is C28H28N4O2. The number of carbonyl (C=O) groups is 2. The SMILES string of the molecule is Cc1nc2ccccc2c(C)c1CC(=O)NC(C)c1ccc(NC(=O)Nc2ccccc2)cc1. The summed E-state index contributed by atoms with van der Waals surface area (Å²) < 4.78 is 0. The molecular weight excluding hydrogens is 424 g/mol. The van der Waals surface area contributed by atoms with Gasteiger partial charge in [-0.15, -0.1) is 0 Å². The van der Waals surface area contributed by atoms with Gasteiger partial charge in [0.2, 0.25) is 5.91 Å². The van der Waals surface area contributed by atoms with Gasteiger partial charge in [0, 0.05) is 22.5 Å². The molecule has 0 spiro atoms. The molecule has 0 saturated carbocycles. The number of carbonyl (C=O) groups excluding carboxylic acids is 2. The van der Waals surface area contributed by atoms with Crippen molar-refractivity contribution in [2.24, 2.45) is 0 Å². The molecule has 0 aliphatic rings. The van der Waals surface area contributed by atoms with E-state index in [1.807, 2.05) is 99.6 Å². The lowest BCUT2D eigenvalue weighted by atomic mass is 9.99. The van der Waals surface area contributed by atoms with Crippen molar-refractivity contribution in [3.05, 3.63) is 101 Å². The minimum Gasteiger partial charge on any atom is -0.349 e. The molecule has 0 aliphatic carbocycles. The number of anilines is 2. The molecule has 4 aromatic rings. The molecule has 0 aliphatic heterocycles. The number of hydrogen-bond acceptors (Lipinski definition) is 3. The third-order valence-electron chi connectivity index (χ3n) is 5.90. The van der Waals surface area contributed by atoms with Gasteiger partial charge in [-0.3, -0.25) is 9.78 Å². The number of aromatic nitrogens is 1. The minimum absolute atomic E-state index is 0.0554. The Morgan fingerprint density at radius 3 is 2.15 bits per heavy atom. The molecule has 6 heteroatoms. The van der Waals surface area contributed by atoms with Gasteiger partial charge < -0.3 is 16.0 Å². The number of nitrogens with one attached hydrogen (secondary N) is 3. The highest BCUT2D eigenvalue weighted by Gasteiger charge is 2.15. The maximum atomic E-state index is 12.8. The summed E-state index contributed by atoms with van der Waals surface area (Å²) >= 11 is 0. The van der Waals surface area contributed by atoms with Crippen molar-refractivity contribution in [1.82, 2.24) is 10.3 Å². The van der Waals surface area contributed by atoms with Gasteiger partial charge in [0.25, 0.3) is 0 Å². The Morgan fingerprint density at radius 2 is 1.44 bits per heavy atom. The van der Waals surface area contributed by atoms with Crippen LogP contribution in [-0.2, 0) is 11.2 Å². The predicted molar refractivity (Wildman–Crippen MR) is 137 cm³/mol. The Hall–Kier alpha value is -4.19. The van der Waals surface area contributed by atoms with Crippen LogP contribution in [0.3, 0.4) is 0 Å². The normalized spacial score (nSPS) is 11.6. The number of hydrogen-bond donors (Lipinski definition) is 3. The van der Waals surface area contributed by atoms with Crippen LogP contribution in [0.15, 0.2) is 78.9 Å². The maximum absolute atomic E-state index is 12.8. The molecule has 1 atom stereocenters. The molecule has 0 fully saturated rings. The Bertz CT molecular complexity index is 1320. The first kappa shape index (κ1) is 23.0. The van der Waals surface area contributed by atoms with Crippen LogP contribution in [0.4, 0.5) is 16.2 Å². The highest BCUT2D eigenvalue weighted by Crippen LogP contribution is 2.23. The van der Waals surface area contributed by atoms with E-state index in [4.69, 9.17) is 0 Å². The van der Waals surface area contributed by atoms with Crippen molar-refractivity contribution < 1.29 is 9.59 Å². The quantitative estimate of drug-likeness (QED) is 0.340. The van der Waals surface area contributed by atoms with E-state index < -0.39 is 0 Å². The second-order valence-corrected chi connectivity index (χ2v) is 8.35. The second kappa shape index (κ2) is 10.2. The highest BCUT2D eigenvalue weighted by molar-refractivity contribution is 5.99. The maximum Gasteiger partial charge on any atom is 0.323 e. The van der Waals surface area contributed by atoms with Crippen molar-refractivity contribution in [1.29, 1.82) is 0 Å². The number of pyridine rings is 1. The van der Waals surface area contributed by atoms with Crippen LogP contribution in [0.5, 0.6) is 0 Å². The number of rotatable bonds is 6. The minimum atomic E-state index is -0.310. The second-order valence-electron chi connectivity index (χ2n) is 8.35. The van der Waals surface area contributed by atoms with E-state index in [-0.39, 0.29) is 24.4 Å². The molecule has 0 saturated heterocycles. The van der Waals surface area contributed by atoms with Crippen LogP contribution < -0.4 is 16.0 Å². The van der Waals surface area contributed by atoms with E-state index in [0.717, 1.165) is 39.0 Å². The van der Waals surface area contributed by atoms with Gasteiger partial charge in [0.05, 0.1) is 18.0 Å². The summed E-state index contributed by atoms with van der Waals surface area (Å²) in [7, 11) is 0. The van der Waals surface area contributed by atoms with Crippen LogP contribution in [0.25, 0.3) is 10.9 Å². The molecule has 4 rings (SSSR count). The lowest BCUT2D eigenvalue weighted by molar-refractivity contribution is -0.121. The summed E-state index contributed by atoms with van der Waals surface area (Å²) in [5, 5.41) is 9.74. The predicted octanol–water partition coefficient (Wildman–Crippen LogP) is 5.92. The third kappa shape index (κ3) is 5.41. The standard InChI is InChI=1S/C28H28N4O2/c1-18-24-11-7-8-12-26(24)29-20(3)25(18)17-27(33)30-19(2)21-13-15-23(16-14-21)32-28(34)31-22-9-5-4-6-10-22/h4-16,19H,17H2,1-3H3,(H,30,33)(H2,31,32,34). The number of amides is 3. The Kier molecular flexibility index (Phi) is 6.87. The van der Waals surface area contributed by atoms with Crippen molar-refractivity contribution in [3.8, 4) is 0 Å². The zero-order valence-corrected chi connectivity index (χ0v) is 19.6. The van der Waals surface area contributed by atoms with E-state index in [0.29, 0.717) is 5.69 Å². The molecule has 6 nitrogen and oxygen atoms in total. The molecule has 0 radical (unpaired) electrons. The van der Waals surface area contributed by atoms with E-state index in [1.165, 1.54) is 0 Å². The van der Waals surface area contributed by atoms with Crippen molar-refractivity contribution in [3.63, 3.8) is 0 Å². The lowest BCUT2D eigenvalue weighted by Crippen LogP contribution is -2.28. The number of urea groups is 1. The van der Waals surface area contributed by atoms with E-state index in [1.54, 1.807) is 0 Å². The zero-order valence-electron chi connectivity index (χ0n) is 19.6. The summed E-state index contributed by atoms with van der Waals surface area (Å²) in [4.78, 5) is 29.7. The molecule has 34 heavy (non-hydrogen) atoms. The molecule has 0 bridgehead atoms. The van der Waals surface area contributed by atoms with Crippen LogP contribution in [0.2, 0.25) is 0 Å².